The van der Waals surface area contributed by atoms with Crippen LogP contribution in [-0.2, 0) is 4.74 Å². The zero-order valence-electron chi connectivity index (χ0n) is 13.5. The van der Waals surface area contributed by atoms with Gasteiger partial charge in [-0.25, -0.2) is 0 Å². The molecule has 0 amide bonds. The van der Waals surface area contributed by atoms with Crippen molar-refractivity contribution in [3.05, 3.63) is 34.9 Å². The largest absolute Gasteiger partial charge is 0.375 e. The first-order valence-corrected chi connectivity index (χ1v) is 8.65. The summed E-state index contributed by atoms with van der Waals surface area (Å²) in [5, 5.41) is 4.65. The molecule has 1 aromatic carbocycles. The van der Waals surface area contributed by atoms with Gasteiger partial charge in [0.1, 0.15) is 0 Å². The van der Waals surface area contributed by atoms with Gasteiger partial charge < -0.3 is 10.1 Å². The monoisotopic (exact) mass is 309 g/mol. The van der Waals surface area contributed by atoms with Gasteiger partial charge in [0.2, 0.25) is 0 Å². The molecule has 1 aliphatic heterocycles. The number of benzene rings is 1. The number of ether oxygens (including phenoxy) is 1. The summed E-state index contributed by atoms with van der Waals surface area (Å²) in [6.45, 7) is 7.57. The fraction of sp³-hybridized carbons (Fsp3) is 0.667. The summed E-state index contributed by atoms with van der Waals surface area (Å²) in [5.41, 5.74) is 1.36. The van der Waals surface area contributed by atoms with Crippen LogP contribution in [0, 0.1) is 0 Å². The van der Waals surface area contributed by atoms with Gasteiger partial charge in [-0.3, -0.25) is 0 Å². The van der Waals surface area contributed by atoms with E-state index in [9.17, 15) is 0 Å². The van der Waals surface area contributed by atoms with E-state index < -0.39 is 0 Å². The molecule has 21 heavy (non-hydrogen) atoms. The quantitative estimate of drug-likeness (QED) is 0.787. The van der Waals surface area contributed by atoms with E-state index in [4.69, 9.17) is 16.3 Å². The van der Waals surface area contributed by atoms with E-state index >= 15 is 0 Å². The Labute approximate surface area is 134 Å². The van der Waals surface area contributed by atoms with Gasteiger partial charge in [0.05, 0.1) is 5.60 Å². The summed E-state index contributed by atoms with van der Waals surface area (Å²) in [5.74, 6) is 0. The molecule has 1 aliphatic rings. The molecule has 3 heteroatoms. The van der Waals surface area contributed by atoms with E-state index in [2.05, 4.69) is 38.2 Å². The average Bonchev–Trinajstić information content (AvgIpc) is 2.52. The Morgan fingerprint density at radius 3 is 2.71 bits per heavy atom. The van der Waals surface area contributed by atoms with Crippen LogP contribution in [0.1, 0.15) is 64.5 Å². The normalized spacial score (nSPS) is 23.0. The molecule has 1 aromatic rings. The minimum Gasteiger partial charge on any atom is -0.375 e. The molecule has 2 unspecified atom stereocenters. The summed E-state index contributed by atoms with van der Waals surface area (Å²) in [4.78, 5) is 0. The van der Waals surface area contributed by atoms with Gasteiger partial charge in [-0.1, -0.05) is 44.5 Å². The molecular weight excluding hydrogens is 282 g/mol. The Hall–Kier alpha value is -0.570. The summed E-state index contributed by atoms with van der Waals surface area (Å²) < 4.78 is 6.07. The SMILES string of the molecule is CCC(NC1CCOC(CC)(CC)C1)c1cccc(Cl)c1. The van der Waals surface area contributed by atoms with E-state index in [0.29, 0.717) is 12.1 Å². The number of nitrogens with one attached hydrogen (secondary N) is 1. The van der Waals surface area contributed by atoms with Gasteiger partial charge in [0.25, 0.3) is 0 Å². The highest BCUT2D eigenvalue weighted by atomic mass is 35.5. The maximum Gasteiger partial charge on any atom is 0.0692 e. The van der Waals surface area contributed by atoms with Crippen LogP contribution in [0.25, 0.3) is 0 Å². The highest BCUT2D eigenvalue weighted by Gasteiger charge is 2.35. The summed E-state index contributed by atoms with van der Waals surface area (Å²) >= 11 is 6.13. The Kier molecular flexibility index (Phi) is 6.09. The molecule has 2 rings (SSSR count). The molecule has 0 aromatic heterocycles. The van der Waals surface area contributed by atoms with Crippen LogP contribution in [0.5, 0.6) is 0 Å². The molecular formula is C18H28ClNO. The van der Waals surface area contributed by atoms with Gasteiger partial charge in [0.15, 0.2) is 0 Å². The minimum absolute atomic E-state index is 0.0720. The lowest BCUT2D eigenvalue weighted by Gasteiger charge is -2.41. The molecule has 0 aliphatic carbocycles. The first-order valence-electron chi connectivity index (χ1n) is 8.28. The van der Waals surface area contributed by atoms with E-state index in [1.807, 2.05) is 12.1 Å². The molecule has 1 N–H and O–H groups in total. The molecule has 0 spiro atoms. The lowest BCUT2D eigenvalue weighted by molar-refractivity contribution is -0.0942. The van der Waals surface area contributed by atoms with Gasteiger partial charge in [-0.15, -0.1) is 0 Å². The predicted molar refractivity (Wildman–Crippen MR) is 89.9 cm³/mol. The van der Waals surface area contributed by atoms with Crippen LogP contribution < -0.4 is 5.32 Å². The van der Waals surface area contributed by atoms with Crippen molar-refractivity contribution in [3.63, 3.8) is 0 Å². The third-order valence-corrected chi connectivity index (χ3v) is 5.11. The Morgan fingerprint density at radius 1 is 1.33 bits per heavy atom. The van der Waals surface area contributed by atoms with Crippen molar-refractivity contribution in [3.8, 4) is 0 Å². The third-order valence-electron chi connectivity index (χ3n) is 4.88. The molecule has 1 fully saturated rings. The van der Waals surface area contributed by atoms with Gasteiger partial charge in [0, 0.05) is 23.7 Å². The number of hydrogen-bond donors (Lipinski definition) is 1. The first kappa shape index (κ1) is 16.8. The van der Waals surface area contributed by atoms with Crippen molar-refractivity contribution < 1.29 is 4.74 Å². The van der Waals surface area contributed by atoms with E-state index in [1.54, 1.807) is 0 Å². The second-order valence-electron chi connectivity index (χ2n) is 6.11. The molecule has 0 radical (unpaired) electrons. The number of hydrogen-bond acceptors (Lipinski definition) is 2. The highest BCUT2D eigenvalue weighted by molar-refractivity contribution is 6.30. The van der Waals surface area contributed by atoms with Gasteiger partial charge in [-0.2, -0.15) is 0 Å². The highest BCUT2D eigenvalue weighted by Crippen LogP contribution is 2.33. The minimum atomic E-state index is 0.0720. The molecule has 1 saturated heterocycles. The van der Waals surface area contributed by atoms with E-state index in [0.717, 1.165) is 43.7 Å². The van der Waals surface area contributed by atoms with Crippen LogP contribution in [0.4, 0.5) is 0 Å². The maximum atomic E-state index is 6.13. The van der Waals surface area contributed by atoms with Crippen molar-refractivity contribution in [1.82, 2.24) is 5.32 Å². The summed E-state index contributed by atoms with van der Waals surface area (Å²) in [7, 11) is 0. The number of rotatable bonds is 6. The molecule has 0 bridgehead atoms. The first-order chi connectivity index (χ1) is 10.1. The molecule has 118 valence electrons. The van der Waals surface area contributed by atoms with Crippen molar-refractivity contribution in [2.75, 3.05) is 6.61 Å². The zero-order chi connectivity index (χ0) is 15.3. The third kappa shape index (κ3) is 4.21. The van der Waals surface area contributed by atoms with Crippen LogP contribution in [-0.4, -0.2) is 18.2 Å². The molecule has 0 saturated carbocycles. The summed E-state index contributed by atoms with van der Waals surface area (Å²) in [6, 6.07) is 9.12. The standard InChI is InChI=1S/C18H28ClNO/c1-4-17(14-8-7-9-15(19)12-14)20-16-10-11-21-18(5-2,6-3)13-16/h7-9,12,16-17,20H,4-6,10-11,13H2,1-3H3. The van der Waals surface area contributed by atoms with Crippen molar-refractivity contribution >= 4 is 11.6 Å². The Morgan fingerprint density at radius 2 is 2.10 bits per heavy atom. The molecule has 1 heterocycles. The van der Waals surface area contributed by atoms with Gasteiger partial charge in [-0.05, 0) is 49.8 Å². The van der Waals surface area contributed by atoms with E-state index in [1.165, 1.54) is 5.56 Å². The average molecular weight is 310 g/mol. The second kappa shape index (κ2) is 7.62. The molecule has 2 nitrogen and oxygen atoms in total. The van der Waals surface area contributed by atoms with Crippen molar-refractivity contribution in [2.24, 2.45) is 0 Å². The van der Waals surface area contributed by atoms with Crippen LogP contribution in [0.3, 0.4) is 0 Å². The van der Waals surface area contributed by atoms with Crippen LogP contribution in [0.2, 0.25) is 5.02 Å². The predicted octanol–water partition coefficient (Wildman–Crippen LogP) is 5.12. The summed E-state index contributed by atoms with van der Waals surface area (Å²) in [6.07, 6.45) is 5.46. The zero-order valence-corrected chi connectivity index (χ0v) is 14.2. The maximum absolute atomic E-state index is 6.13. The van der Waals surface area contributed by atoms with Crippen molar-refractivity contribution in [1.29, 1.82) is 0 Å². The van der Waals surface area contributed by atoms with Crippen LogP contribution in [0.15, 0.2) is 24.3 Å². The Balaban J connectivity index is 2.05. The second-order valence-corrected chi connectivity index (χ2v) is 6.55. The smallest absolute Gasteiger partial charge is 0.0692 e. The molecule has 2 atom stereocenters. The fourth-order valence-electron chi connectivity index (χ4n) is 3.37. The van der Waals surface area contributed by atoms with Crippen molar-refractivity contribution in [2.45, 2.75) is 70.6 Å². The lowest BCUT2D eigenvalue weighted by Crippen LogP contribution is -2.47. The Bertz CT molecular complexity index is 445. The van der Waals surface area contributed by atoms with Gasteiger partial charge >= 0.3 is 0 Å². The fourth-order valence-corrected chi connectivity index (χ4v) is 3.57. The topological polar surface area (TPSA) is 21.3 Å². The number of halogens is 1. The lowest BCUT2D eigenvalue weighted by atomic mass is 9.85. The van der Waals surface area contributed by atoms with E-state index in [-0.39, 0.29) is 5.60 Å². The van der Waals surface area contributed by atoms with Crippen LogP contribution >= 0.6 is 11.6 Å².